The van der Waals surface area contributed by atoms with Crippen molar-refractivity contribution in [2.75, 3.05) is 0 Å². The van der Waals surface area contributed by atoms with Gasteiger partial charge in [-0.05, 0) is 48.8 Å². The van der Waals surface area contributed by atoms with Crippen molar-refractivity contribution in [3.63, 3.8) is 0 Å². The smallest absolute Gasteiger partial charge is 0.338 e. The number of carboxylic acids is 1. The fourth-order valence-corrected chi connectivity index (χ4v) is 3.06. The van der Waals surface area contributed by atoms with Gasteiger partial charge in [0.25, 0.3) is 0 Å². The minimum absolute atomic E-state index is 0.270. The van der Waals surface area contributed by atoms with Crippen molar-refractivity contribution in [1.82, 2.24) is 5.32 Å². The lowest BCUT2D eigenvalue weighted by Crippen LogP contribution is -2.38. The van der Waals surface area contributed by atoms with Crippen LogP contribution in [0.2, 0.25) is 0 Å². The third-order valence-electron chi connectivity index (χ3n) is 4.26. The average molecular weight is 279 g/mol. The number of nitrogens with one attached hydrogen (secondary N) is 1. The van der Waals surface area contributed by atoms with Gasteiger partial charge >= 0.3 is 5.97 Å². The molecule has 0 saturated heterocycles. The van der Waals surface area contributed by atoms with Crippen LogP contribution in [0.25, 0.3) is 0 Å². The molecule has 3 nitrogen and oxygen atoms in total. The van der Waals surface area contributed by atoms with Gasteiger partial charge in [-0.15, -0.1) is 0 Å². The fourth-order valence-electron chi connectivity index (χ4n) is 3.06. The first-order valence-corrected chi connectivity index (χ1v) is 7.22. The summed E-state index contributed by atoms with van der Waals surface area (Å²) >= 11 is 0. The van der Waals surface area contributed by atoms with Crippen LogP contribution >= 0.6 is 0 Å². The van der Waals surface area contributed by atoms with Gasteiger partial charge in [-0.25, -0.2) is 9.18 Å². The topological polar surface area (TPSA) is 49.3 Å². The first-order chi connectivity index (χ1) is 9.47. The summed E-state index contributed by atoms with van der Waals surface area (Å²) in [6.07, 6.45) is 3.61. The monoisotopic (exact) mass is 279 g/mol. The zero-order valence-corrected chi connectivity index (χ0v) is 12.0. The molecule has 0 amide bonds. The van der Waals surface area contributed by atoms with E-state index in [1.54, 1.807) is 6.07 Å². The van der Waals surface area contributed by atoms with Crippen LogP contribution in [0.5, 0.6) is 0 Å². The summed E-state index contributed by atoms with van der Waals surface area (Å²) in [6, 6.07) is 4.79. The molecule has 110 valence electrons. The summed E-state index contributed by atoms with van der Waals surface area (Å²) in [4.78, 5) is 10.8. The molecule has 2 N–H and O–H groups in total. The Labute approximate surface area is 119 Å². The normalized spacial score (nSPS) is 26.4. The van der Waals surface area contributed by atoms with Gasteiger partial charge in [-0.1, -0.05) is 19.9 Å². The second kappa shape index (κ2) is 6.35. The zero-order valence-electron chi connectivity index (χ0n) is 12.0. The van der Waals surface area contributed by atoms with Gasteiger partial charge < -0.3 is 10.4 Å². The molecule has 1 aromatic carbocycles. The standard InChI is InChI=1S/C16H22FNO2/c1-10-3-6-15(11(2)7-10)18-9-12-4-5-13(16(19)20)14(17)8-12/h4-5,8,10-11,15,18H,3,6-7,9H2,1-2H3,(H,19,20). The Hall–Kier alpha value is -1.42. The maximum Gasteiger partial charge on any atom is 0.338 e. The number of rotatable bonds is 4. The number of hydrogen-bond donors (Lipinski definition) is 2. The lowest BCUT2D eigenvalue weighted by molar-refractivity contribution is 0.0692. The average Bonchev–Trinajstić information content (AvgIpc) is 2.37. The van der Waals surface area contributed by atoms with Crippen molar-refractivity contribution in [2.45, 2.75) is 45.7 Å². The van der Waals surface area contributed by atoms with E-state index in [0.717, 1.165) is 17.9 Å². The van der Waals surface area contributed by atoms with Crippen molar-refractivity contribution in [1.29, 1.82) is 0 Å². The molecule has 3 unspecified atom stereocenters. The van der Waals surface area contributed by atoms with Gasteiger partial charge in [0.15, 0.2) is 0 Å². The van der Waals surface area contributed by atoms with Gasteiger partial charge in [-0.2, -0.15) is 0 Å². The van der Waals surface area contributed by atoms with Crippen LogP contribution in [-0.4, -0.2) is 17.1 Å². The predicted octanol–water partition coefficient (Wildman–Crippen LogP) is 3.44. The summed E-state index contributed by atoms with van der Waals surface area (Å²) < 4.78 is 13.6. The Morgan fingerprint density at radius 3 is 2.75 bits per heavy atom. The molecule has 0 aromatic heterocycles. The summed E-state index contributed by atoms with van der Waals surface area (Å²) in [5.41, 5.74) is 0.520. The van der Waals surface area contributed by atoms with Crippen molar-refractivity contribution in [3.8, 4) is 0 Å². The number of carbonyl (C=O) groups is 1. The third-order valence-corrected chi connectivity index (χ3v) is 4.26. The van der Waals surface area contributed by atoms with Gasteiger partial charge in [0.1, 0.15) is 5.82 Å². The van der Waals surface area contributed by atoms with Gasteiger partial charge in [0.2, 0.25) is 0 Å². The van der Waals surface area contributed by atoms with Crippen molar-refractivity contribution < 1.29 is 14.3 Å². The van der Waals surface area contributed by atoms with E-state index < -0.39 is 11.8 Å². The Morgan fingerprint density at radius 2 is 2.15 bits per heavy atom. The first kappa shape index (κ1) is 15.0. The highest BCUT2D eigenvalue weighted by molar-refractivity contribution is 5.87. The lowest BCUT2D eigenvalue weighted by Gasteiger charge is -2.33. The molecule has 2 rings (SSSR count). The Kier molecular flexibility index (Phi) is 4.76. The highest BCUT2D eigenvalue weighted by Crippen LogP contribution is 2.28. The molecule has 3 atom stereocenters. The molecule has 0 bridgehead atoms. The quantitative estimate of drug-likeness (QED) is 0.887. The van der Waals surface area contributed by atoms with Crippen LogP contribution in [0.3, 0.4) is 0 Å². The van der Waals surface area contributed by atoms with Crippen LogP contribution in [0, 0.1) is 17.7 Å². The molecule has 1 aliphatic rings. The summed E-state index contributed by atoms with van der Waals surface area (Å²) in [6.45, 7) is 5.12. The summed E-state index contributed by atoms with van der Waals surface area (Å²) in [7, 11) is 0. The molecule has 1 fully saturated rings. The van der Waals surface area contributed by atoms with Crippen LogP contribution in [0.1, 0.15) is 49.0 Å². The first-order valence-electron chi connectivity index (χ1n) is 7.22. The SMILES string of the molecule is CC1CCC(NCc2ccc(C(=O)O)c(F)c2)C(C)C1. The molecular formula is C16H22FNO2. The highest BCUT2D eigenvalue weighted by Gasteiger charge is 2.24. The van der Waals surface area contributed by atoms with Gasteiger partial charge in [0.05, 0.1) is 5.56 Å². The Morgan fingerprint density at radius 1 is 1.40 bits per heavy atom. The number of aromatic carboxylic acids is 1. The largest absolute Gasteiger partial charge is 0.478 e. The second-order valence-electron chi connectivity index (χ2n) is 6.00. The maximum atomic E-state index is 13.6. The van der Waals surface area contributed by atoms with E-state index in [9.17, 15) is 9.18 Å². The molecule has 0 spiro atoms. The lowest BCUT2D eigenvalue weighted by atomic mass is 9.80. The summed E-state index contributed by atoms with van der Waals surface area (Å²) in [5, 5.41) is 12.3. The molecule has 0 radical (unpaired) electrons. The number of benzene rings is 1. The number of halogens is 1. The van der Waals surface area contributed by atoms with Crippen molar-refractivity contribution >= 4 is 5.97 Å². The van der Waals surface area contributed by atoms with Crippen LogP contribution in [0.15, 0.2) is 18.2 Å². The molecule has 0 heterocycles. The van der Waals surface area contributed by atoms with Crippen LogP contribution in [-0.2, 0) is 6.54 Å². The Bertz CT molecular complexity index is 489. The van der Waals surface area contributed by atoms with E-state index in [0.29, 0.717) is 18.5 Å². The van der Waals surface area contributed by atoms with Gasteiger partial charge in [0, 0.05) is 12.6 Å². The third kappa shape index (κ3) is 3.57. The molecule has 20 heavy (non-hydrogen) atoms. The zero-order chi connectivity index (χ0) is 14.7. The molecule has 4 heteroatoms. The molecule has 1 aliphatic carbocycles. The van der Waals surface area contributed by atoms with E-state index in [-0.39, 0.29) is 5.56 Å². The van der Waals surface area contributed by atoms with Crippen LogP contribution < -0.4 is 5.32 Å². The van der Waals surface area contributed by atoms with Gasteiger partial charge in [-0.3, -0.25) is 0 Å². The van der Waals surface area contributed by atoms with E-state index in [1.165, 1.54) is 25.0 Å². The minimum Gasteiger partial charge on any atom is -0.478 e. The molecule has 0 aliphatic heterocycles. The second-order valence-corrected chi connectivity index (χ2v) is 6.00. The van der Waals surface area contributed by atoms with E-state index in [2.05, 4.69) is 19.2 Å². The fraction of sp³-hybridized carbons (Fsp3) is 0.562. The van der Waals surface area contributed by atoms with Crippen molar-refractivity contribution in [3.05, 3.63) is 35.1 Å². The maximum absolute atomic E-state index is 13.6. The van der Waals surface area contributed by atoms with E-state index in [4.69, 9.17) is 5.11 Å². The molecule has 1 aromatic rings. The molecular weight excluding hydrogens is 257 g/mol. The van der Waals surface area contributed by atoms with E-state index in [1.807, 2.05) is 0 Å². The molecule has 1 saturated carbocycles. The summed E-state index contributed by atoms with van der Waals surface area (Å²) in [5.74, 6) is -0.476. The highest BCUT2D eigenvalue weighted by atomic mass is 19.1. The minimum atomic E-state index is -1.23. The number of carboxylic acid groups (broad SMARTS) is 1. The Balaban J connectivity index is 1.94. The van der Waals surface area contributed by atoms with Crippen LogP contribution in [0.4, 0.5) is 4.39 Å². The number of hydrogen-bond acceptors (Lipinski definition) is 2. The van der Waals surface area contributed by atoms with Crippen molar-refractivity contribution in [2.24, 2.45) is 11.8 Å². The van der Waals surface area contributed by atoms with E-state index >= 15 is 0 Å². The predicted molar refractivity (Wildman–Crippen MR) is 76.2 cm³/mol.